The fourth-order valence-electron chi connectivity index (χ4n) is 5.05. The van der Waals surface area contributed by atoms with E-state index in [-0.39, 0.29) is 11.8 Å². The van der Waals surface area contributed by atoms with Gasteiger partial charge in [0.25, 0.3) is 0 Å². The monoisotopic (exact) mass is 533 g/mol. The van der Waals surface area contributed by atoms with Gasteiger partial charge in [-0.05, 0) is 60.4 Å². The molecule has 0 unspecified atom stereocenters. The van der Waals surface area contributed by atoms with Crippen LogP contribution < -0.4 is 10.1 Å². The molecule has 1 fully saturated rings. The third-order valence-corrected chi connectivity index (χ3v) is 7.40. The number of methoxy groups -OCH3 is 1. The molecule has 3 N–H and O–H groups in total. The summed E-state index contributed by atoms with van der Waals surface area (Å²) >= 11 is 0. The Hall–Kier alpha value is -5.12. The number of H-pyrrole nitrogens is 2. The Morgan fingerprint density at radius 1 is 1.05 bits per heavy atom. The Labute approximate surface area is 227 Å². The van der Waals surface area contributed by atoms with Crippen molar-refractivity contribution in [2.75, 3.05) is 12.4 Å². The molecule has 0 aliphatic heterocycles. The number of nitrogens with one attached hydrogen (secondary N) is 3. The SMILES string of the molecule is COc1cc(F)cc(-c2ccnc3[nH]c(-c4n[nH]c5ccc(-c6cncc(NC(=O)C7CCC7)c6)cc45)nc23)c1. The largest absolute Gasteiger partial charge is 0.497 e. The topological polar surface area (TPSA) is 121 Å². The van der Waals surface area contributed by atoms with Gasteiger partial charge in [-0.25, -0.2) is 14.4 Å². The summed E-state index contributed by atoms with van der Waals surface area (Å²) < 4.78 is 19.5. The van der Waals surface area contributed by atoms with Crippen molar-refractivity contribution in [3.8, 4) is 39.5 Å². The van der Waals surface area contributed by atoms with Crippen LogP contribution in [0.25, 0.3) is 55.8 Å². The number of aromatic nitrogens is 6. The summed E-state index contributed by atoms with van der Waals surface area (Å²) in [6.45, 7) is 0. The number of aromatic amines is 2. The van der Waals surface area contributed by atoms with Crippen molar-refractivity contribution in [1.29, 1.82) is 0 Å². The second-order valence-corrected chi connectivity index (χ2v) is 9.93. The molecule has 0 radical (unpaired) electrons. The number of amides is 1. The number of anilines is 1. The number of rotatable bonds is 6. The first-order valence-corrected chi connectivity index (χ1v) is 13.0. The maximum absolute atomic E-state index is 14.3. The molecule has 1 aliphatic rings. The number of fused-ring (bicyclic) bond motifs is 2. The lowest BCUT2D eigenvalue weighted by Crippen LogP contribution is -2.28. The zero-order valence-corrected chi connectivity index (χ0v) is 21.5. The first-order valence-electron chi connectivity index (χ1n) is 13.0. The average Bonchev–Trinajstić information content (AvgIpc) is 3.55. The van der Waals surface area contributed by atoms with Crippen LogP contribution in [0.4, 0.5) is 10.1 Å². The summed E-state index contributed by atoms with van der Waals surface area (Å²) in [5, 5.41) is 11.5. The molecule has 40 heavy (non-hydrogen) atoms. The number of benzene rings is 2. The van der Waals surface area contributed by atoms with Gasteiger partial charge in [-0.15, -0.1) is 0 Å². The summed E-state index contributed by atoms with van der Waals surface area (Å²) in [4.78, 5) is 29.3. The molecule has 10 heteroatoms. The number of carbonyl (C=O) groups excluding carboxylic acids is 1. The van der Waals surface area contributed by atoms with E-state index >= 15 is 0 Å². The first-order chi connectivity index (χ1) is 19.6. The Morgan fingerprint density at radius 2 is 1.95 bits per heavy atom. The van der Waals surface area contributed by atoms with E-state index in [0.717, 1.165) is 46.9 Å². The predicted octanol–water partition coefficient (Wildman–Crippen LogP) is 6.12. The molecule has 1 aliphatic carbocycles. The summed E-state index contributed by atoms with van der Waals surface area (Å²) in [5.41, 5.74) is 6.43. The van der Waals surface area contributed by atoms with Crippen molar-refractivity contribution in [3.63, 3.8) is 0 Å². The number of hydrogen-bond donors (Lipinski definition) is 3. The Bertz CT molecular complexity index is 1910. The lowest BCUT2D eigenvalue weighted by Gasteiger charge is -2.24. The third kappa shape index (κ3) is 4.23. The zero-order chi connectivity index (χ0) is 27.2. The molecule has 1 amide bonds. The lowest BCUT2D eigenvalue weighted by atomic mass is 9.85. The molecule has 7 rings (SSSR count). The van der Waals surface area contributed by atoms with E-state index in [1.54, 1.807) is 30.7 Å². The van der Waals surface area contributed by atoms with Crippen LogP contribution in [0.3, 0.4) is 0 Å². The molecule has 0 atom stereocenters. The van der Waals surface area contributed by atoms with Crippen molar-refractivity contribution >= 4 is 33.7 Å². The minimum absolute atomic E-state index is 0.0484. The maximum atomic E-state index is 14.3. The highest BCUT2D eigenvalue weighted by Gasteiger charge is 2.25. The van der Waals surface area contributed by atoms with E-state index in [2.05, 4.69) is 30.5 Å². The number of nitrogens with zero attached hydrogens (tertiary/aromatic N) is 4. The molecule has 4 heterocycles. The van der Waals surface area contributed by atoms with Crippen LogP contribution in [-0.2, 0) is 4.79 Å². The molecule has 198 valence electrons. The van der Waals surface area contributed by atoms with Gasteiger partial charge in [0.05, 0.1) is 24.5 Å². The van der Waals surface area contributed by atoms with Crippen molar-refractivity contribution < 1.29 is 13.9 Å². The molecule has 0 spiro atoms. The quantitative estimate of drug-likeness (QED) is 0.237. The van der Waals surface area contributed by atoms with Crippen LogP contribution in [0.2, 0.25) is 0 Å². The molecular weight excluding hydrogens is 509 g/mol. The van der Waals surface area contributed by atoms with Gasteiger partial charge in [0.15, 0.2) is 11.5 Å². The van der Waals surface area contributed by atoms with Crippen molar-refractivity contribution in [2.24, 2.45) is 5.92 Å². The Balaban J connectivity index is 1.26. The molecule has 6 aromatic rings. The average molecular weight is 534 g/mol. The van der Waals surface area contributed by atoms with Crippen molar-refractivity contribution in [2.45, 2.75) is 19.3 Å². The van der Waals surface area contributed by atoms with Gasteiger partial charge in [-0.2, -0.15) is 5.10 Å². The molecular formula is C30H24FN7O2. The Morgan fingerprint density at radius 3 is 2.77 bits per heavy atom. The minimum atomic E-state index is -0.401. The second kappa shape index (κ2) is 9.57. The zero-order valence-electron chi connectivity index (χ0n) is 21.5. The number of pyridine rings is 2. The summed E-state index contributed by atoms with van der Waals surface area (Å²) in [5.74, 6) is 0.689. The standard InChI is InChI=1S/C30H24FN7O2/c1-40-22-11-18(9-20(31)13-22)23-7-8-33-28-26(23)35-29(36-28)27-24-12-17(5-6-25(24)37-38-27)19-10-21(15-32-14-19)34-30(39)16-3-2-4-16/h5-16H,2-4H2,1H3,(H,34,39)(H,37,38)(H,33,35,36). The predicted molar refractivity (Wildman–Crippen MR) is 150 cm³/mol. The van der Waals surface area contributed by atoms with E-state index in [1.165, 1.54) is 19.2 Å². The number of imidazole rings is 1. The van der Waals surface area contributed by atoms with Crippen LogP contribution in [-0.4, -0.2) is 43.2 Å². The molecule has 0 saturated heterocycles. The number of ether oxygens (including phenoxy) is 1. The third-order valence-electron chi connectivity index (χ3n) is 7.40. The molecule has 4 aromatic heterocycles. The fraction of sp³-hybridized carbons (Fsp3) is 0.167. The number of carbonyl (C=O) groups is 1. The highest BCUT2D eigenvalue weighted by atomic mass is 19.1. The molecule has 9 nitrogen and oxygen atoms in total. The highest BCUT2D eigenvalue weighted by Crippen LogP contribution is 2.34. The smallest absolute Gasteiger partial charge is 0.227 e. The number of hydrogen-bond acceptors (Lipinski definition) is 6. The van der Waals surface area contributed by atoms with Gasteiger partial charge in [-0.1, -0.05) is 12.5 Å². The lowest BCUT2D eigenvalue weighted by molar-refractivity contribution is -0.122. The van der Waals surface area contributed by atoms with Crippen LogP contribution in [0.15, 0.2) is 67.1 Å². The van der Waals surface area contributed by atoms with Crippen LogP contribution >= 0.6 is 0 Å². The summed E-state index contributed by atoms with van der Waals surface area (Å²) in [6.07, 6.45) is 8.06. The summed E-state index contributed by atoms with van der Waals surface area (Å²) in [7, 11) is 1.50. The van der Waals surface area contributed by atoms with E-state index in [9.17, 15) is 9.18 Å². The molecule has 2 aromatic carbocycles. The van der Waals surface area contributed by atoms with Crippen LogP contribution in [0.5, 0.6) is 5.75 Å². The minimum Gasteiger partial charge on any atom is -0.497 e. The van der Waals surface area contributed by atoms with Crippen molar-refractivity contribution in [1.82, 2.24) is 30.1 Å². The van der Waals surface area contributed by atoms with Gasteiger partial charge in [0.1, 0.15) is 22.8 Å². The van der Waals surface area contributed by atoms with Gasteiger partial charge in [-0.3, -0.25) is 14.9 Å². The summed E-state index contributed by atoms with van der Waals surface area (Å²) in [6, 6.07) is 14.2. The van der Waals surface area contributed by atoms with E-state index in [4.69, 9.17) is 9.72 Å². The van der Waals surface area contributed by atoms with Gasteiger partial charge < -0.3 is 15.0 Å². The fourth-order valence-corrected chi connectivity index (χ4v) is 5.05. The van der Waals surface area contributed by atoms with E-state index in [0.29, 0.717) is 39.7 Å². The van der Waals surface area contributed by atoms with Crippen molar-refractivity contribution in [3.05, 3.63) is 72.9 Å². The van der Waals surface area contributed by atoms with Crippen LogP contribution in [0, 0.1) is 11.7 Å². The second-order valence-electron chi connectivity index (χ2n) is 9.93. The Kier molecular flexibility index (Phi) is 5.73. The van der Waals surface area contributed by atoms with Gasteiger partial charge in [0, 0.05) is 40.9 Å². The van der Waals surface area contributed by atoms with E-state index in [1.807, 2.05) is 24.3 Å². The first kappa shape index (κ1) is 24.0. The van der Waals surface area contributed by atoms with Gasteiger partial charge >= 0.3 is 0 Å². The van der Waals surface area contributed by atoms with Gasteiger partial charge in [0.2, 0.25) is 5.91 Å². The highest BCUT2D eigenvalue weighted by molar-refractivity contribution is 5.98. The normalized spacial score (nSPS) is 13.4. The maximum Gasteiger partial charge on any atom is 0.227 e. The van der Waals surface area contributed by atoms with E-state index < -0.39 is 5.82 Å². The number of halogens is 1. The molecule has 0 bridgehead atoms. The molecule has 1 saturated carbocycles. The van der Waals surface area contributed by atoms with Crippen LogP contribution in [0.1, 0.15) is 19.3 Å².